The van der Waals surface area contributed by atoms with Gasteiger partial charge in [-0.3, -0.25) is 4.99 Å². The number of nitrogens with one attached hydrogen (secondary N) is 2. The summed E-state index contributed by atoms with van der Waals surface area (Å²) in [5.41, 5.74) is 2.13. The number of benzene rings is 1. The van der Waals surface area contributed by atoms with Gasteiger partial charge < -0.3 is 20.1 Å². The molecule has 5 nitrogen and oxygen atoms in total. The zero-order valence-electron chi connectivity index (χ0n) is 15.7. The van der Waals surface area contributed by atoms with Gasteiger partial charge in [-0.1, -0.05) is 6.07 Å². The van der Waals surface area contributed by atoms with Crippen molar-refractivity contribution < 1.29 is 13.9 Å². The molecule has 1 aromatic carbocycles. The molecule has 1 fully saturated rings. The number of ether oxygens (including phenoxy) is 2. The monoisotopic (exact) mass is 479 g/mol. The second kappa shape index (κ2) is 13.3. The number of rotatable bonds is 9. The van der Waals surface area contributed by atoms with E-state index in [1.165, 1.54) is 6.07 Å². The molecule has 0 radical (unpaired) electrons. The van der Waals surface area contributed by atoms with Gasteiger partial charge in [-0.15, -0.1) is 24.0 Å². The maximum Gasteiger partial charge on any atom is 0.190 e. The van der Waals surface area contributed by atoms with Crippen molar-refractivity contribution in [1.82, 2.24) is 10.6 Å². The first kappa shape index (κ1) is 23.1. The molecule has 1 unspecified atom stereocenters. The summed E-state index contributed by atoms with van der Waals surface area (Å²) in [6.45, 7) is 5.78. The minimum Gasteiger partial charge on any atom is -0.379 e. The summed E-state index contributed by atoms with van der Waals surface area (Å²) in [4.78, 5) is 4.21. The zero-order valence-corrected chi connectivity index (χ0v) is 18.1. The van der Waals surface area contributed by atoms with Crippen LogP contribution >= 0.6 is 24.0 Å². The highest BCUT2D eigenvalue weighted by Crippen LogP contribution is 2.12. The van der Waals surface area contributed by atoms with Gasteiger partial charge in [0.05, 0.1) is 12.7 Å². The molecule has 0 amide bonds. The Kier molecular flexibility index (Phi) is 11.8. The topological polar surface area (TPSA) is 54.9 Å². The third-order valence-electron chi connectivity index (χ3n) is 4.30. The van der Waals surface area contributed by atoms with Crippen LogP contribution in [0.1, 0.15) is 30.4 Å². The number of halogens is 2. The summed E-state index contributed by atoms with van der Waals surface area (Å²) in [5, 5.41) is 6.56. The number of aliphatic imine (C=N–C) groups is 1. The predicted octanol–water partition coefficient (Wildman–Crippen LogP) is 3.05. The van der Waals surface area contributed by atoms with E-state index in [-0.39, 0.29) is 35.9 Å². The third-order valence-corrected chi connectivity index (χ3v) is 4.30. The summed E-state index contributed by atoms with van der Waals surface area (Å²) < 4.78 is 24.3. The molecule has 7 heteroatoms. The molecule has 0 bridgehead atoms. The lowest BCUT2D eigenvalue weighted by Crippen LogP contribution is -2.39. The molecule has 0 saturated carbocycles. The fourth-order valence-electron chi connectivity index (χ4n) is 2.85. The molecule has 148 valence electrons. The van der Waals surface area contributed by atoms with Crippen molar-refractivity contribution in [3.8, 4) is 0 Å². The molecule has 2 rings (SSSR count). The maximum absolute atomic E-state index is 13.1. The molecule has 2 N–H and O–H groups in total. The van der Waals surface area contributed by atoms with Gasteiger partial charge >= 0.3 is 0 Å². The molecule has 1 atom stereocenters. The molecule has 1 aliphatic rings. The van der Waals surface area contributed by atoms with Gasteiger partial charge in [0.25, 0.3) is 0 Å². The predicted molar refractivity (Wildman–Crippen MR) is 114 cm³/mol. The Morgan fingerprint density at radius 1 is 1.35 bits per heavy atom. The van der Waals surface area contributed by atoms with Gasteiger partial charge in [-0.25, -0.2) is 4.39 Å². The standard InChI is InChI=1S/C19H30FN3O2.HI/c1-15-13-17(20)7-6-16(15)8-10-23-19(21-2)22-9-4-11-24-14-18-5-3-12-25-18;/h6-7,13,18H,3-5,8-12,14H2,1-2H3,(H2,21,22,23);1H. The van der Waals surface area contributed by atoms with Crippen LogP contribution in [0.5, 0.6) is 0 Å². The molecule has 1 aromatic rings. The molecule has 0 spiro atoms. The van der Waals surface area contributed by atoms with Crippen molar-refractivity contribution in [3.05, 3.63) is 35.1 Å². The smallest absolute Gasteiger partial charge is 0.190 e. The van der Waals surface area contributed by atoms with Crippen molar-refractivity contribution in [3.63, 3.8) is 0 Å². The van der Waals surface area contributed by atoms with Gasteiger partial charge in [-0.2, -0.15) is 0 Å². The fourth-order valence-corrected chi connectivity index (χ4v) is 2.85. The first-order valence-electron chi connectivity index (χ1n) is 9.08. The van der Waals surface area contributed by atoms with Crippen LogP contribution < -0.4 is 10.6 Å². The van der Waals surface area contributed by atoms with E-state index >= 15 is 0 Å². The molecule has 1 heterocycles. The molecule has 1 saturated heterocycles. The highest BCUT2D eigenvalue weighted by molar-refractivity contribution is 14.0. The fraction of sp³-hybridized carbons (Fsp3) is 0.632. The van der Waals surface area contributed by atoms with Crippen LogP contribution in [0.25, 0.3) is 0 Å². The van der Waals surface area contributed by atoms with Crippen molar-refractivity contribution in [2.24, 2.45) is 4.99 Å². The van der Waals surface area contributed by atoms with E-state index in [0.717, 1.165) is 69.1 Å². The van der Waals surface area contributed by atoms with E-state index in [1.807, 2.05) is 13.0 Å². The normalized spacial score (nSPS) is 17.0. The summed E-state index contributed by atoms with van der Waals surface area (Å²) in [7, 11) is 1.76. The number of nitrogens with zero attached hydrogens (tertiary/aromatic N) is 1. The Balaban J connectivity index is 0.00000338. The molecule has 26 heavy (non-hydrogen) atoms. The highest BCUT2D eigenvalue weighted by atomic mass is 127. The van der Waals surface area contributed by atoms with Gasteiger partial charge in [0.2, 0.25) is 0 Å². The second-order valence-electron chi connectivity index (χ2n) is 6.31. The molecular formula is C19H31FIN3O2. The molecule has 1 aliphatic heterocycles. The van der Waals surface area contributed by atoms with Crippen molar-refractivity contribution in [2.75, 3.05) is 40.0 Å². The molecular weight excluding hydrogens is 448 g/mol. The largest absolute Gasteiger partial charge is 0.379 e. The SMILES string of the molecule is CN=C(NCCCOCC1CCCO1)NCCc1ccc(F)cc1C.I. The number of guanidine groups is 1. The van der Waals surface area contributed by atoms with Crippen LogP contribution in [0, 0.1) is 12.7 Å². The zero-order chi connectivity index (χ0) is 17.9. The molecule has 0 aliphatic carbocycles. The van der Waals surface area contributed by atoms with Crippen LogP contribution in [0.15, 0.2) is 23.2 Å². The Morgan fingerprint density at radius 3 is 2.85 bits per heavy atom. The van der Waals surface area contributed by atoms with E-state index < -0.39 is 0 Å². The second-order valence-corrected chi connectivity index (χ2v) is 6.31. The quantitative estimate of drug-likeness (QED) is 0.248. The van der Waals surface area contributed by atoms with Crippen molar-refractivity contribution in [1.29, 1.82) is 0 Å². The Labute approximate surface area is 173 Å². The van der Waals surface area contributed by atoms with Crippen LogP contribution in [0.2, 0.25) is 0 Å². The van der Waals surface area contributed by atoms with E-state index in [2.05, 4.69) is 15.6 Å². The summed E-state index contributed by atoms with van der Waals surface area (Å²) in [6, 6.07) is 4.92. The lowest BCUT2D eigenvalue weighted by atomic mass is 10.1. The summed E-state index contributed by atoms with van der Waals surface area (Å²) in [5.74, 6) is 0.590. The number of aryl methyl sites for hydroxylation is 1. The first-order chi connectivity index (χ1) is 12.2. The van der Waals surface area contributed by atoms with Gasteiger partial charge in [-0.05, 0) is 55.9 Å². The van der Waals surface area contributed by atoms with Crippen molar-refractivity contribution in [2.45, 2.75) is 38.7 Å². The van der Waals surface area contributed by atoms with Crippen LogP contribution in [0.3, 0.4) is 0 Å². The van der Waals surface area contributed by atoms with Gasteiger partial charge in [0.15, 0.2) is 5.96 Å². The van der Waals surface area contributed by atoms with E-state index in [1.54, 1.807) is 13.1 Å². The molecule has 0 aromatic heterocycles. The Bertz CT molecular complexity index is 552. The average molecular weight is 479 g/mol. The van der Waals surface area contributed by atoms with Crippen molar-refractivity contribution >= 4 is 29.9 Å². The third kappa shape index (κ3) is 8.64. The number of hydrogen-bond donors (Lipinski definition) is 2. The van der Waals surface area contributed by atoms with Crippen LogP contribution in [-0.4, -0.2) is 52.0 Å². The van der Waals surface area contributed by atoms with E-state index in [9.17, 15) is 4.39 Å². The minimum atomic E-state index is -0.187. The Morgan fingerprint density at radius 2 is 2.15 bits per heavy atom. The first-order valence-corrected chi connectivity index (χ1v) is 9.08. The van der Waals surface area contributed by atoms with Gasteiger partial charge in [0, 0.05) is 33.4 Å². The van der Waals surface area contributed by atoms with Gasteiger partial charge in [0.1, 0.15) is 5.82 Å². The average Bonchev–Trinajstić information content (AvgIpc) is 3.11. The van der Waals surface area contributed by atoms with E-state index in [4.69, 9.17) is 9.47 Å². The lowest BCUT2D eigenvalue weighted by Gasteiger charge is -2.13. The minimum absolute atomic E-state index is 0. The maximum atomic E-state index is 13.1. The van der Waals surface area contributed by atoms with Crippen LogP contribution in [0.4, 0.5) is 4.39 Å². The lowest BCUT2D eigenvalue weighted by molar-refractivity contribution is 0.0168. The van der Waals surface area contributed by atoms with E-state index in [0.29, 0.717) is 6.61 Å². The number of hydrogen-bond acceptors (Lipinski definition) is 3. The summed E-state index contributed by atoms with van der Waals surface area (Å²) in [6.07, 6.45) is 4.30. The Hall–Kier alpha value is -0.930. The highest BCUT2D eigenvalue weighted by Gasteiger charge is 2.14. The summed E-state index contributed by atoms with van der Waals surface area (Å²) >= 11 is 0. The van der Waals surface area contributed by atoms with Crippen LogP contribution in [-0.2, 0) is 15.9 Å².